The third-order valence-electron chi connectivity index (χ3n) is 6.52. The van der Waals surface area contributed by atoms with E-state index in [1.165, 1.54) is 4.90 Å². The summed E-state index contributed by atoms with van der Waals surface area (Å²) < 4.78 is 0. The molecule has 29 heavy (non-hydrogen) atoms. The van der Waals surface area contributed by atoms with Crippen molar-refractivity contribution in [1.29, 1.82) is 0 Å². The zero-order valence-electron chi connectivity index (χ0n) is 17.1. The zero-order chi connectivity index (χ0) is 21.3. The van der Waals surface area contributed by atoms with Crippen LogP contribution in [0.2, 0.25) is 5.02 Å². The highest BCUT2D eigenvalue weighted by Gasteiger charge is 2.49. The number of carbonyl (C=O) groups excluding carboxylic acids is 2. The Labute approximate surface area is 176 Å². The Morgan fingerprint density at radius 1 is 1.14 bits per heavy atom. The second-order valence-corrected chi connectivity index (χ2v) is 8.77. The van der Waals surface area contributed by atoms with Gasteiger partial charge in [0.15, 0.2) is 0 Å². The Morgan fingerprint density at radius 2 is 1.72 bits per heavy atom. The van der Waals surface area contributed by atoms with E-state index in [9.17, 15) is 19.5 Å². The fraction of sp³-hybridized carbons (Fsp3) is 0.571. The molecule has 2 aliphatic heterocycles. The van der Waals surface area contributed by atoms with Crippen LogP contribution in [0.4, 0.5) is 4.79 Å². The van der Waals surface area contributed by atoms with Crippen molar-refractivity contribution < 1.29 is 19.5 Å². The van der Waals surface area contributed by atoms with Crippen LogP contribution in [0.3, 0.4) is 0 Å². The molecule has 2 heterocycles. The van der Waals surface area contributed by atoms with E-state index in [0.717, 1.165) is 5.56 Å². The lowest BCUT2D eigenvalue weighted by atomic mass is 9.77. The summed E-state index contributed by atoms with van der Waals surface area (Å²) in [6.45, 7) is 5.54. The molecule has 2 saturated heterocycles. The lowest BCUT2D eigenvalue weighted by Gasteiger charge is -2.35. The maximum absolute atomic E-state index is 13.2. The summed E-state index contributed by atoms with van der Waals surface area (Å²) in [5.74, 6) is -0.0424. The molecule has 0 aromatic heterocycles. The van der Waals surface area contributed by atoms with Gasteiger partial charge in [0.05, 0.1) is 6.04 Å². The summed E-state index contributed by atoms with van der Waals surface area (Å²) in [5, 5.41) is 10.2. The number of carbonyl (C=O) groups is 3. The molecule has 1 N–H and O–H groups in total. The van der Waals surface area contributed by atoms with Crippen LogP contribution in [0.25, 0.3) is 0 Å². The van der Waals surface area contributed by atoms with Crippen LogP contribution >= 0.6 is 11.6 Å². The van der Waals surface area contributed by atoms with Crippen LogP contribution in [0.5, 0.6) is 0 Å². The van der Waals surface area contributed by atoms with Crippen molar-refractivity contribution >= 4 is 29.5 Å². The van der Waals surface area contributed by atoms with Crippen molar-refractivity contribution in [1.82, 2.24) is 14.7 Å². The quantitative estimate of drug-likeness (QED) is 0.813. The second-order valence-electron chi connectivity index (χ2n) is 8.33. The summed E-state index contributed by atoms with van der Waals surface area (Å²) >= 11 is 6.03. The molecule has 2 aliphatic rings. The summed E-state index contributed by atoms with van der Waals surface area (Å²) in [5.41, 5.74) is 0.426. The molecule has 0 bridgehead atoms. The normalized spacial score (nSPS) is 25.2. The third-order valence-corrected chi connectivity index (χ3v) is 6.77. The first-order chi connectivity index (χ1) is 13.6. The molecule has 158 valence electrons. The molecule has 1 aromatic rings. The van der Waals surface area contributed by atoms with Crippen molar-refractivity contribution in [3.8, 4) is 0 Å². The lowest BCUT2D eigenvalue weighted by Crippen LogP contribution is -2.48. The molecule has 0 saturated carbocycles. The first-order valence-corrected chi connectivity index (χ1v) is 10.3. The molecule has 2 fully saturated rings. The number of piperidine rings is 1. The molecule has 3 rings (SSSR count). The van der Waals surface area contributed by atoms with Crippen LogP contribution in [-0.4, -0.2) is 77.0 Å². The number of halogens is 1. The number of likely N-dealkylation sites (N-methyl/N-ethyl adjacent to an activating group) is 1. The van der Waals surface area contributed by atoms with E-state index < -0.39 is 11.5 Å². The minimum absolute atomic E-state index is 0.0375. The van der Waals surface area contributed by atoms with E-state index in [1.54, 1.807) is 35.9 Å². The van der Waals surface area contributed by atoms with Crippen molar-refractivity contribution in [3.63, 3.8) is 0 Å². The van der Waals surface area contributed by atoms with Gasteiger partial charge in [0, 0.05) is 56.5 Å². The minimum Gasteiger partial charge on any atom is -0.465 e. The molecule has 1 aromatic carbocycles. The van der Waals surface area contributed by atoms with E-state index in [4.69, 9.17) is 11.6 Å². The lowest BCUT2D eigenvalue weighted by molar-refractivity contribution is -0.139. The summed E-state index contributed by atoms with van der Waals surface area (Å²) in [7, 11) is 1.56. The Bertz CT molecular complexity index is 792. The van der Waals surface area contributed by atoms with Crippen molar-refractivity contribution in [2.45, 2.75) is 38.1 Å². The van der Waals surface area contributed by atoms with Gasteiger partial charge in [0.25, 0.3) is 0 Å². The predicted octanol–water partition coefficient (Wildman–Crippen LogP) is 2.68. The van der Waals surface area contributed by atoms with Gasteiger partial charge in [-0.2, -0.15) is 0 Å². The first-order valence-electron chi connectivity index (χ1n) is 9.89. The SMILES string of the molecule is CC(=O)N1CCC(C(=O)N2C[C@@H](N(C)C(=O)O)[C@](C)(c3ccc(Cl)cc3)C2)CC1. The van der Waals surface area contributed by atoms with Gasteiger partial charge in [-0.15, -0.1) is 0 Å². The summed E-state index contributed by atoms with van der Waals surface area (Å²) in [6, 6.07) is 7.04. The fourth-order valence-corrected chi connectivity index (χ4v) is 4.77. The van der Waals surface area contributed by atoms with E-state index in [1.807, 2.05) is 19.1 Å². The van der Waals surface area contributed by atoms with Gasteiger partial charge in [0.2, 0.25) is 11.8 Å². The molecule has 0 aliphatic carbocycles. The Balaban J connectivity index is 1.81. The first kappa shape index (κ1) is 21.4. The highest BCUT2D eigenvalue weighted by molar-refractivity contribution is 6.30. The number of hydrogen-bond donors (Lipinski definition) is 1. The average Bonchev–Trinajstić information content (AvgIpc) is 3.05. The maximum atomic E-state index is 13.2. The molecule has 0 spiro atoms. The molecular weight excluding hydrogens is 394 g/mol. The van der Waals surface area contributed by atoms with Gasteiger partial charge in [0.1, 0.15) is 0 Å². The average molecular weight is 422 g/mol. The smallest absolute Gasteiger partial charge is 0.407 e. The highest BCUT2D eigenvalue weighted by atomic mass is 35.5. The van der Waals surface area contributed by atoms with Gasteiger partial charge < -0.3 is 19.8 Å². The molecule has 0 radical (unpaired) electrons. The number of benzene rings is 1. The molecule has 2 atom stereocenters. The van der Waals surface area contributed by atoms with E-state index in [-0.39, 0.29) is 23.8 Å². The van der Waals surface area contributed by atoms with Crippen molar-refractivity contribution in [2.75, 3.05) is 33.2 Å². The number of nitrogens with zero attached hydrogens (tertiary/aromatic N) is 3. The zero-order valence-corrected chi connectivity index (χ0v) is 17.9. The van der Waals surface area contributed by atoms with Gasteiger partial charge in [-0.3, -0.25) is 9.59 Å². The highest BCUT2D eigenvalue weighted by Crippen LogP contribution is 2.38. The molecule has 3 amide bonds. The Kier molecular flexibility index (Phi) is 6.08. The van der Waals surface area contributed by atoms with Gasteiger partial charge in [-0.25, -0.2) is 4.79 Å². The van der Waals surface area contributed by atoms with E-state index >= 15 is 0 Å². The molecule has 8 heteroatoms. The van der Waals surface area contributed by atoms with Gasteiger partial charge in [-0.1, -0.05) is 30.7 Å². The van der Waals surface area contributed by atoms with Crippen LogP contribution in [-0.2, 0) is 15.0 Å². The van der Waals surface area contributed by atoms with Gasteiger partial charge >= 0.3 is 6.09 Å². The van der Waals surface area contributed by atoms with E-state index in [2.05, 4.69) is 0 Å². The predicted molar refractivity (Wildman–Crippen MR) is 110 cm³/mol. The monoisotopic (exact) mass is 421 g/mol. The van der Waals surface area contributed by atoms with Crippen molar-refractivity contribution in [2.24, 2.45) is 5.92 Å². The number of rotatable bonds is 3. The Hall–Kier alpha value is -2.28. The second kappa shape index (κ2) is 8.22. The van der Waals surface area contributed by atoms with Crippen LogP contribution in [0.15, 0.2) is 24.3 Å². The van der Waals surface area contributed by atoms with E-state index in [0.29, 0.717) is 44.0 Å². The summed E-state index contributed by atoms with van der Waals surface area (Å²) in [4.78, 5) is 41.3. The minimum atomic E-state index is -1.01. The van der Waals surface area contributed by atoms with Crippen LogP contribution in [0, 0.1) is 5.92 Å². The number of likely N-dealkylation sites (tertiary alicyclic amines) is 2. The molecule has 7 nitrogen and oxygen atoms in total. The maximum Gasteiger partial charge on any atom is 0.407 e. The summed E-state index contributed by atoms with van der Waals surface area (Å²) in [6.07, 6.45) is 0.275. The van der Waals surface area contributed by atoms with Crippen molar-refractivity contribution in [3.05, 3.63) is 34.9 Å². The topological polar surface area (TPSA) is 81.2 Å². The molecule has 0 unspecified atom stereocenters. The standard InChI is InChI=1S/C21H28ClN3O4/c1-14(26)24-10-8-15(9-11-24)19(27)25-12-18(23(3)20(28)29)21(2,13-25)16-4-6-17(22)7-5-16/h4-7,15,18H,8-13H2,1-3H3,(H,28,29)/t18-,21+/m1/s1. The fourth-order valence-electron chi connectivity index (χ4n) is 4.64. The third kappa shape index (κ3) is 4.20. The van der Waals surface area contributed by atoms with Crippen LogP contribution in [0.1, 0.15) is 32.3 Å². The number of hydrogen-bond acceptors (Lipinski definition) is 3. The Morgan fingerprint density at radius 3 is 2.24 bits per heavy atom. The number of amides is 3. The number of carboxylic acid groups (broad SMARTS) is 1. The van der Waals surface area contributed by atoms with Gasteiger partial charge in [-0.05, 0) is 30.5 Å². The molecular formula is C21H28ClN3O4. The van der Waals surface area contributed by atoms with Crippen LogP contribution < -0.4 is 0 Å². The largest absolute Gasteiger partial charge is 0.465 e.